The molecule has 4 rings (SSSR count). The van der Waals surface area contributed by atoms with Crippen LogP contribution in [0.15, 0.2) is 42.5 Å². The summed E-state index contributed by atoms with van der Waals surface area (Å²) >= 11 is 0. The number of nitrogens with zero attached hydrogens (tertiary/aromatic N) is 3. The van der Waals surface area contributed by atoms with Crippen molar-refractivity contribution in [3.63, 3.8) is 0 Å². The maximum Gasteiger partial charge on any atom is 0.117 e. The van der Waals surface area contributed by atoms with Gasteiger partial charge in [0.05, 0.1) is 6.10 Å². The number of benzene rings is 2. The van der Waals surface area contributed by atoms with Gasteiger partial charge in [-0.15, -0.1) is 0 Å². The van der Waals surface area contributed by atoms with E-state index in [1.165, 1.54) is 16.7 Å². The minimum absolute atomic E-state index is 0.305. The van der Waals surface area contributed by atoms with Crippen LogP contribution in [0.3, 0.4) is 0 Å². The van der Waals surface area contributed by atoms with Gasteiger partial charge in [0.1, 0.15) is 5.75 Å². The summed E-state index contributed by atoms with van der Waals surface area (Å²) in [5, 5.41) is 20.5. The second-order valence-electron chi connectivity index (χ2n) is 7.88. The van der Waals surface area contributed by atoms with Crippen LogP contribution in [0.1, 0.15) is 16.7 Å². The monoisotopic (exact) mass is 367 g/mol. The number of hydrogen-bond acceptors (Lipinski definition) is 5. The molecule has 2 aliphatic rings. The highest BCUT2D eigenvalue weighted by atomic mass is 16.3. The summed E-state index contributed by atoms with van der Waals surface area (Å²) in [5.41, 5.74) is 5.12. The fourth-order valence-corrected chi connectivity index (χ4v) is 4.29. The van der Waals surface area contributed by atoms with Gasteiger partial charge in [-0.25, -0.2) is 0 Å². The molecule has 27 heavy (non-hydrogen) atoms. The fourth-order valence-electron chi connectivity index (χ4n) is 4.29. The number of hydrogen-bond donors (Lipinski definition) is 2. The molecule has 5 nitrogen and oxygen atoms in total. The number of aliphatic hydroxyl groups is 1. The first-order valence-corrected chi connectivity index (χ1v) is 9.81. The van der Waals surface area contributed by atoms with Crippen molar-refractivity contribution in [1.82, 2.24) is 9.80 Å². The Morgan fingerprint density at radius 3 is 2.41 bits per heavy atom. The minimum atomic E-state index is -0.362. The van der Waals surface area contributed by atoms with E-state index in [-0.39, 0.29) is 6.10 Å². The maximum atomic E-state index is 10.7. The molecule has 0 fully saturated rings. The number of phenols is 1. The zero-order valence-corrected chi connectivity index (χ0v) is 16.0. The maximum absolute atomic E-state index is 10.7. The molecule has 2 aromatic rings. The van der Waals surface area contributed by atoms with Crippen molar-refractivity contribution in [2.24, 2.45) is 0 Å². The van der Waals surface area contributed by atoms with Crippen LogP contribution in [0.25, 0.3) is 0 Å². The van der Waals surface area contributed by atoms with Crippen LogP contribution in [0.2, 0.25) is 0 Å². The molecule has 0 bridgehead atoms. The predicted molar refractivity (Wildman–Crippen MR) is 108 cm³/mol. The molecule has 0 saturated heterocycles. The van der Waals surface area contributed by atoms with E-state index in [9.17, 15) is 10.2 Å². The van der Waals surface area contributed by atoms with Crippen LogP contribution in [-0.4, -0.2) is 65.9 Å². The lowest BCUT2D eigenvalue weighted by molar-refractivity contribution is 0.0682. The third-order valence-electron chi connectivity index (χ3n) is 5.77. The van der Waals surface area contributed by atoms with E-state index >= 15 is 0 Å². The fraction of sp³-hybridized carbons (Fsp3) is 0.455. The van der Waals surface area contributed by atoms with Gasteiger partial charge in [-0.2, -0.15) is 0 Å². The second kappa shape index (κ2) is 7.89. The summed E-state index contributed by atoms with van der Waals surface area (Å²) in [6, 6.07) is 14.2. The lowest BCUT2D eigenvalue weighted by Gasteiger charge is -2.32. The van der Waals surface area contributed by atoms with Crippen molar-refractivity contribution < 1.29 is 10.2 Å². The summed E-state index contributed by atoms with van der Waals surface area (Å²) in [4.78, 5) is 6.87. The summed E-state index contributed by atoms with van der Waals surface area (Å²) in [5.74, 6) is 0.305. The number of rotatable bonds is 4. The first-order chi connectivity index (χ1) is 13.1. The number of phenolic OH excluding ortho intramolecular Hbond substituents is 1. The van der Waals surface area contributed by atoms with Crippen LogP contribution in [0.5, 0.6) is 5.75 Å². The first-order valence-electron chi connectivity index (χ1n) is 9.81. The molecule has 0 radical (unpaired) electrons. The van der Waals surface area contributed by atoms with Gasteiger partial charge in [-0.1, -0.05) is 30.3 Å². The first kappa shape index (κ1) is 18.3. The third-order valence-corrected chi connectivity index (χ3v) is 5.77. The second-order valence-corrected chi connectivity index (χ2v) is 7.88. The van der Waals surface area contributed by atoms with E-state index < -0.39 is 0 Å². The topological polar surface area (TPSA) is 50.2 Å². The van der Waals surface area contributed by atoms with Crippen LogP contribution in [0.4, 0.5) is 5.69 Å². The molecule has 2 aliphatic heterocycles. The Labute approximate surface area is 161 Å². The Morgan fingerprint density at radius 1 is 0.889 bits per heavy atom. The van der Waals surface area contributed by atoms with Gasteiger partial charge in [-0.3, -0.25) is 9.80 Å². The van der Waals surface area contributed by atoms with E-state index in [1.807, 2.05) is 12.1 Å². The van der Waals surface area contributed by atoms with Crippen molar-refractivity contribution in [3.05, 3.63) is 59.2 Å². The quantitative estimate of drug-likeness (QED) is 0.866. The van der Waals surface area contributed by atoms with Gasteiger partial charge < -0.3 is 15.1 Å². The van der Waals surface area contributed by atoms with Gasteiger partial charge in [-0.05, 0) is 29.2 Å². The number of anilines is 1. The van der Waals surface area contributed by atoms with Crippen molar-refractivity contribution in [2.75, 3.05) is 44.7 Å². The minimum Gasteiger partial charge on any atom is -0.508 e. The highest BCUT2D eigenvalue weighted by molar-refractivity contribution is 5.57. The van der Waals surface area contributed by atoms with Gasteiger partial charge in [0.25, 0.3) is 0 Å². The zero-order chi connectivity index (χ0) is 18.8. The largest absolute Gasteiger partial charge is 0.508 e. The zero-order valence-electron chi connectivity index (χ0n) is 16.0. The van der Waals surface area contributed by atoms with Gasteiger partial charge in [0.15, 0.2) is 0 Å². The molecule has 0 aromatic heterocycles. The molecule has 0 saturated carbocycles. The van der Waals surface area contributed by atoms with Gasteiger partial charge >= 0.3 is 0 Å². The summed E-state index contributed by atoms with van der Waals surface area (Å²) < 4.78 is 0. The molecule has 144 valence electrons. The van der Waals surface area contributed by atoms with Crippen molar-refractivity contribution in [3.8, 4) is 5.75 Å². The number of fused-ring (bicyclic) bond motifs is 2. The van der Waals surface area contributed by atoms with E-state index in [0.29, 0.717) is 18.8 Å². The molecule has 2 heterocycles. The molecular formula is C22H29N3O2. The molecule has 2 N–H and O–H groups in total. The van der Waals surface area contributed by atoms with E-state index in [0.717, 1.165) is 44.8 Å². The van der Waals surface area contributed by atoms with Crippen LogP contribution >= 0.6 is 0 Å². The Kier molecular flexibility index (Phi) is 5.34. The molecule has 1 atom stereocenters. The lowest BCUT2D eigenvalue weighted by atomic mass is 10.00. The number of aromatic hydroxyl groups is 1. The predicted octanol–water partition coefficient (Wildman–Crippen LogP) is 2.06. The summed E-state index contributed by atoms with van der Waals surface area (Å²) in [7, 11) is 2.06. The standard InChI is InChI=1S/C22H29N3O2/c1-23-10-11-25(14-19-6-7-20(26)12-22(19)23)16-21(27)15-24-9-8-17-4-2-3-5-18(17)13-24/h2-7,12,21,26-27H,8-11,13-16H2,1H3. The molecule has 0 aliphatic carbocycles. The SMILES string of the molecule is CN1CCN(CC(O)CN2CCc3ccccc3C2)Cc2ccc(O)cc21. The highest BCUT2D eigenvalue weighted by Gasteiger charge is 2.23. The van der Waals surface area contributed by atoms with Crippen LogP contribution in [0, 0.1) is 0 Å². The Bertz CT molecular complexity index is 795. The van der Waals surface area contributed by atoms with E-state index in [2.05, 4.69) is 46.0 Å². The van der Waals surface area contributed by atoms with Gasteiger partial charge in [0, 0.05) is 64.6 Å². The molecule has 0 spiro atoms. The highest BCUT2D eigenvalue weighted by Crippen LogP contribution is 2.28. The van der Waals surface area contributed by atoms with Crippen molar-refractivity contribution in [1.29, 1.82) is 0 Å². The molecule has 0 amide bonds. The molecular weight excluding hydrogens is 338 g/mol. The average Bonchev–Trinajstić information content (AvgIpc) is 2.81. The molecule has 2 aromatic carbocycles. The smallest absolute Gasteiger partial charge is 0.117 e. The third kappa shape index (κ3) is 4.26. The van der Waals surface area contributed by atoms with Gasteiger partial charge in [0.2, 0.25) is 0 Å². The summed E-state index contributed by atoms with van der Waals surface area (Å²) in [6.07, 6.45) is 0.702. The Hall–Kier alpha value is -2.08. The lowest BCUT2D eigenvalue weighted by Crippen LogP contribution is -2.42. The Balaban J connectivity index is 1.36. The summed E-state index contributed by atoms with van der Waals surface area (Å²) in [6.45, 7) is 5.93. The number of likely N-dealkylation sites (N-methyl/N-ethyl adjacent to an activating group) is 1. The van der Waals surface area contributed by atoms with E-state index in [1.54, 1.807) is 6.07 Å². The molecule has 1 unspecified atom stereocenters. The molecule has 5 heteroatoms. The average molecular weight is 367 g/mol. The van der Waals surface area contributed by atoms with Crippen molar-refractivity contribution in [2.45, 2.75) is 25.6 Å². The Morgan fingerprint density at radius 2 is 1.59 bits per heavy atom. The number of aliphatic hydroxyl groups excluding tert-OH is 1. The van der Waals surface area contributed by atoms with E-state index in [4.69, 9.17) is 0 Å². The van der Waals surface area contributed by atoms with Crippen LogP contribution < -0.4 is 4.90 Å². The van der Waals surface area contributed by atoms with Crippen LogP contribution in [-0.2, 0) is 19.5 Å². The normalized spacial score (nSPS) is 19.3. The number of β-amino-alcohol motifs (C(OH)–C–C–N with tert-alkyl or cyclic N) is 1. The van der Waals surface area contributed by atoms with Crippen molar-refractivity contribution >= 4 is 5.69 Å².